The number of aliphatic hydroxyl groups is 1. The Kier molecular flexibility index (Phi) is 15.0. The SMILES string of the molecule is CO[C@H](C(=O)N1C(=O)O[C@H](c2ccccc2)[C@@H]1C)[C@H](OC(C)=O)C(=O)C=C(C(=O)CCCOC[C@@H](CO)OCc1ccccc1)c1cccc(C)c1. The Morgan fingerprint density at radius 3 is 2.29 bits per heavy atom. The number of hydrogen-bond acceptors (Lipinski definition) is 11. The summed E-state index contributed by atoms with van der Waals surface area (Å²) in [6, 6.07) is 24.6. The highest BCUT2D eigenvalue weighted by Gasteiger charge is 2.48. The van der Waals surface area contributed by atoms with E-state index in [0.717, 1.165) is 36.1 Å². The first-order valence-corrected chi connectivity index (χ1v) is 17.0. The van der Waals surface area contributed by atoms with Gasteiger partial charge in [0.25, 0.3) is 5.91 Å². The van der Waals surface area contributed by atoms with E-state index in [9.17, 15) is 29.1 Å². The number of carbonyl (C=O) groups excluding carboxylic acids is 5. The molecule has 0 saturated carbocycles. The number of carbonyl (C=O) groups is 5. The van der Waals surface area contributed by atoms with Crippen molar-refractivity contribution >= 4 is 35.1 Å². The van der Waals surface area contributed by atoms with Crippen LogP contribution in [0.4, 0.5) is 4.79 Å². The summed E-state index contributed by atoms with van der Waals surface area (Å²) in [4.78, 5) is 67.5. The van der Waals surface area contributed by atoms with Gasteiger partial charge in [-0.25, -0.2) is 9.69 Å². The average molecular weight is 716 g/mol. The number of nitrogens with zero attached hydrogens (tertiary/aromatic N) is 1. The lowest BCUT2D eigenvalue weighted by Gasteiger charge is -2.27. The molecule has 12 heteroatoms. The number of allylic oxidation sites excluding steroid dienone is 1. The largest absolute Gasteiger partial charge is 0.451 e. The number of imide groups is 1. The lowest BCUT2D eigenvalue weighted by Crippen LogP contribution is -2.52. The summed E-state index contributed by atoms with van der Waals surface area (Å²) in [5, 5.41) is 9.71. The molecule has 12 nitrogen and oxygen atoms in total. The zero-order valence-corrected chi connectivity index (χ0v) is 29.8. The molecule has 1 aliphatic heterocycles. The Labute approximate surface area is 303 Å². The number of ketones is 2. The van der Waals surface area contributed by atoms with Crippen LogP contribution in [0, 0.1) is 6.92 Å². The molecule has 3 aromatic carbocycles. The number of ether oxygens (including phenoxy) is 5. The number of hydrogen-bond donors (Lipinski definition) is 1. The van der Waals surface area contributed by atoms with Crippen LogP contribution < -0.4 is 0 Å². The average Bonchev–Trinajstić information content (AvgIpc) is 3.44. The summed E-state index contributed by atoms with van der Waals surface area (Å²) in [6.07, 6.45) is -4.51. The van der Waals surface area contributed by atoms with E-state index in [-0.39, 0.29) is 38.2 Å². The van der Waals surface area contributed by atoms with Gasteiger partial charge in [0.05, 0.1) is 25.9 Å². The maximum atomic E-state index is 13.9. The summed E-state index contributed by atoms with van der Waals surface area (Å²) in [5.74, 6) is -3.11. The van der Waals surface area contributed by atoms with Gasteiger partial charge in [-0.15, -0.1) is 0 Å². The van der Waals surface area contributed by atoms with Crippen LogP contribution in [-0.4, -0.2) is 90.8 Å². The molecule has 276 valence electrons. The van der Waals surface area contributed by atoms with Gasteiger partial charge in [-0.3, -0.25) is 19.2 Å². The number of aryl methyl sites for hydroxylation is 1. The summed E-state index contributed by atoms with van der Waals surface area (Å²) in [7, 11) is 1.15. The van der Waals surface area contributed by atoms with Crippen molar-refractivity contribution in [3.05, 3.63) is 113 Å². The molecular weight excluding hydrogens is 670 g/mol. The molecule has 52 heavy (non-hydrogen) atoms. The number of cyclic esters (lactones) is 1. The number of rotatable bonds is 19. The number of Topliss-reactive ketones (excluding diaryl/α,β-unsaturated/α-hetero) is 1. The van der Waals surface area contributed by atoms with E-state index in [1.54, 1.807) is 55.5 Å². The molecule has 5 atom stereocenters. The van der Waals surface area contributed by atoms with Gasteiger partial charge in [-0.2, -0.15) is 0 Å². The number of esters is 1. The Bertz CT molecular complexity index is 1710. The lowest BCUT2D eigenvalue weighted by molar-refractivity contribution is -0.166. The number of benzene rings is 3. The molecule has 0 aromatic heterocycles. The molecule has 0 aliphatic carbocycles. The van der Waals surface area contributed by atoms with Crippen LogP contribution >= 0.6 is 0 Å². The van der Waals surface area contributed by atoms with Crippen LogP contribution in [0.2, 0.25) is 0 Å². The monoisotopic (exact) mass is 715 g/mol. The fourth-order valence-electron chi connectivity index (χ4n) is 5.77. The fourth-order valence-corrected chi connectivity index (χ4v) is 5.77. The predicted octanol–water partition coefficient (Wildman–Crippen LogP) is 4.95. The van der Waals surface area contributed by atoms with Gasteiger partial charge in [0.15, 0.2) is 23.8 Å². The van der Waals surface area contributed by atoms with E-state index in [4.69, 9.17) is 23.7 Å². The van der Waals surface area contributed by atoms with E-state index in [2.05, 4.69) is 0 Å². The van der Waals surface area contributed by atoms with Crippen molar-refractivity contribution in [3.63, 3.8) is 0 Å². The minimum Gasteiger partial charge on any atom is -0.451 e. The van der Waals surface area contributed by atoms with Crippen molar-refractivity contribution in [3.8, 4) is 0 Å². The Balaban J connectivity index is 1.48. The standard InChI is InChI=1S/C40H45NO11/c1-26-13-11-18-31(21-26)33(34(44)19-12-20-49-25-32(23-42)50-24-29-14-7-5-8-15-29)22-35(45)37(51-28(3)43)38(48-4)39(46)41-27(2)36(52-40(41)47)30-16-9-6-10-17-30/h5-11,13-18,21-22,27,32,36-38,42H,12,19-20,23-25H2,1-4H3/t27-,32+,36-,37+,38-/m0/s1. The molecule has 1 heterocycles. The highest BCUT2D eigenvalue weighted by molar-refractivity contribution is 6.25. The van der Waals surface area contributed by atoms with Crippen molar-refractivity contribution in [1.29, 1.82) is 0 Å². The summed E-state index contributed by atoms with van der Waals surface area (Å²) < 4.78 is 27.7. The van der Waals surface area contributed by atoms with Gasteiger partial charge in [-0.05, 0) is 43.0 Å². The Morgan fingerprint density at radius 2 is 1.65 bits per heavy atom. The highest BCUT2D eigenvalue weighted by Crippen LogP contribution is 2.33. The number of methoxy groups -OCH3 is 1. The second-order valence-electron chi connectivity index (χ2n) is 12.4. The second-order valence-corrected chi connectivity index (χ2v) is 12.4. The maximum absolute atomic E-state index is 13.9. The van der Waals surface area contributed by atoms with Crippen molar-refractivity contribution in [2.45, 2.75) is 70.7 Å². The van der Waals surface area contributed by atoms with Crippen LogP contribution in [0.1, 0.15) is 55.0 Å². The molecule has 0 bridgehead atoms. The van der Waals surface area contributed by atoms with Crippen molar-refractivity contribution in [1.82, 2.24) is 4.90 Å². The molecular formula is C40H45NO11. The van der Waals surface area contributed by atoms with Crippen molar-refractivity contribution < 1.29 is 52.8 Å². The molecule has 1 fully saturated rings. The minimum atomic E-state index is -1.83. The Morgan fingerprint density at radius 1 is 0.962 bits per heavy atom. The van der Waals surface area contributed by atoms with Gasteiger partial charge >= 0.3 is 12.1 Å². The van der Waals surface area contributed by atoms with E-state index in [1.807, 2.05) is 43.3 Å². The lowest BCUT2D eigenvalue weighted by atomic mass is 9.94. The van der Waals surface area contributed by atoms with E-state index < -0.39 is 60.0 Å². The third-order valence-corrected chi connectivity index (χ3v) is 8.43. The Hall–Kier alpha value is -5.01. The molecule has 4 rings (SSSR count). The molecule has 0 radical (unpaired) electrons. The topological polar surface area (TPSA) is 155 Å². The highest BCUT2D eigenvalue weighted by atomic mass is 16.6. The molecule has 0 unspecified atom stereocenters. The van der Waals surface area contributed by atoms with Crippen molar-refractivity contribution in [2.24, 2.45) is 0 Å². The molecule has 1 saturated heterocycles. The zero-order valence-electron chi connectivity index (χ0n) is 29.8. The summed E-state index contributed by atoms with van der Waals surface area (Å²) in [5.41, 5.74) is 2.93. The quantitative estimate of drug-likeness (QED) is 0.102. The number of amides is 2. The van der Waals surface area contributed by atoms with Crippen LogP contribution in [0.3, 0.4) is 0 Å². The van der Waals surface area contributed by atoms with E-state index >= 15 is 0 Å². The van der Waals surface area contributed by atoms with Crippen LogP contribution in [-0.2, 0) is 49.5 Å². The maximum Gasteiger partial charge on any atom is 0.417 e. The number of aliphatic hydroxyl groups excluding tert-OH is 1. The first kappa shape index (κ1) is 39.8. The van der Waals surface area contributed by atoms with E-state index in [0.29, 0.717) is 17.7 Å². The van der Waals surface area contributed by atoms with E-state index in [1.165, 1.54) is 0 Å². The molecule has 1 aliphatic rings. The fraction of sp³-hybridized carbons (Fsp3) is 0.375. The third-order valence-electron chi connectivity index (χ3n) is 8.43. The van der Waals surface area contributed by atoms with Gasteiger partial charge in [0, 0.05) is 32.6 Å². The normalized spacial score (nSPS) is 17.6. The van der Waals surface area contributed by atoms with Crippen LogP contribution in [0.5, 0.6) is 0 Å². The van der Waals surface area contributed by atoms with Gasteiger partial charge in [0.1, 0.15) is 12.2 Å². The van der Waals surface area contributed by atoms with Gasteiger partial charge in [0.2, 0.25) is 0 Å². The van der Waals surface area contributed by atoms with Crippen molar-refractivity contribution in [2.75, 3.05) is 26.9 Å². The summed E-state index contributed by atoms with van der Waals surface area (Å²) in [6.45, 7) is 4.88. The third kappa shape index (κ3) is 10.8. The first-order chi connectivity index (χ1) is 25.0. The predicted molar refractivity (Wildman–Crippen MR) is 190 cm³/mol. The summed E-state index contributed by atoms with van der Waals surface area (Å²) >= 11 is 0. The molecule has 2 amide bonds. The van der Waals surface area contributed by atoms with Gasteiger partial charge < -0.3 is 28.8 Å². The second kappa shape index (κ2) is 19.6. The molecule has 0 spiro atoms. The zero-order chi connectivity index (χ0) is 37.6. The molecule has 1 N–H and O–H groups in total. The smallest absolute Gasteiger partial charge is 0.417 e. The van der Waals surface area contributed by atoms with Gasteiger partial charge in [-0.1, -0.05) is 90.5 Å². The van der Waals surface area contributed by atoms with Crippen LogP contribution in [0.15, 0.2) is 91.0 Å². The first-order valence-electron chi connectivity index (χ1n) is 17.0. The molecule has 3 aromatic rings. The van der Waals surface area contributed by atoms with Crippen LogP contribution in [0.25, 0.3) is 5.57 Å². The minimum absolute atomic E-state index is 0.00933.